The van der Waals surface area contributed by atoms with Crippen molar-refractivity contribution >= 4 is 15.9 Å². The molecule has 7 nitrogen and oxygen atoms in total. The number of aromatic amines is 2. The molecule has 1 aromatic carbocycles. The van der Waals surface area contributed by atoms with E-state index >= 15 is 0 Å². The van der Waals surface area contributed by atoms with Crippen LogP contribution in [0.2, 0.25) is 0 Å². The van der Waals surface area contributed by atoms with Crippen molar-refractivity contribution in [1.29, 1.82) is 0 Å². The van der Waals surface area contributed by atoms with Crippen molar-refractivity contribution in [3.8, 4) is 0 Å². The van der Waals surface area contributed by atoms with Gasteiger partial charge in [0.15, 0.2) is 0 Å². The Labute approximate surface area is 102 Å². The number of sulfonamides is 1. The zero-order valence-corrected chi connectivity index (χ0v) is 9.82. The maximum atomic E-state index is 11.1. The highest BCUT2D eigenvalue weighted by Crippen LogP contribution is 2.20. The van der Waals surface area contributed by atoms with Crippen LogP contribution >= 0.6 is 0 Å². The summed E-state index contributed by atoms with van der Waals surface area (Å²) in [6.45, 7) is 0. The molecule has 0 saturated carbocycles. The van der Waals surface area contributed by atoms with Crippen molar-refractivity contribution in [3.63, 3.8) is 0 Å². The number of rotatable bonds is 0. The first-order chi connectivity index (χ1) is 8.50. The van der Waals surface area contributed by atoms with Crippen molar-refractivity contribution in [2.24, 2.45) is 0 Å². The highest BCUT2D eigenvalue weighted by molar-refractivity contribution is 7.90. The van der Waals surface area contributed by atoms with Gasteiger partial charge in [-0.05, 0) is 12.1 Å². The highest BCUT2D eigenvalue weighted by atomic mass is 32.2. The monoisotopic (exact) mass is 267 g/mol. The van der Waals surface area contributed by atoms with Gasteiger partial charge in [0, 0.05) is 12.3 Å². The molecule has 8 heteroatoms. The second-order valence-electron chi connectivity index (χ2n) is 3.40. The maximum absolute atomic E-state index is 11.1. The minimum atomic E-state index is -3.55. The normalized spacial score (nSPS) is 15.2. The highest BCUT2D eigenvalue weighted by Gasteiger charge is 2.31. The van der Waals surface area contributed by atoms with Crippen LogP contribution in [-0.4, -0.2) is 24.5 Å². The van der Waals surface area contributed by atoms with Gasteiger partial charge in [0.1, 0.15) is 4.90 Å². The van der Waals surface area contributed by atoms with Crippen molar-refractivity contribution in [1.82, 2.24) is 14.9 Å². The van der Waals surface area contributed by atoms with Gasteiger partial charge in [-0.2, -0.15) is 0 Å². The smallest absolute Gasteiger partial charge is 0.266 e. The molecule has 18 heavy (non-hydrogen) atoms. The Kier molecular flexibility index (Phi) is 3.02. The number of aromatic nitrogens is 2. The maximum Gasteiger partial charge on any atom is 0.266 e. The summed E-state index contributed by atoms with van der Waals surface area (Å²) >= 11 is 0. The van der Waals surface area contributed by atoms with E-state index in [2.05, 4.69) is 10.2 Å². The zero-order valence-electron chi connectivity index (χ0n) is 9.01. The molecular weight excluding hydrogens is 258 g/mol. The van der Waals surface area contributed by atoms with Crippen LogP contribution < -0.4 is 10.3 Å². The van der Waals surface area contributed by atoms with Crippen molar-refractivity contribution in [3.05, 3.63) is 52.4 Å². The lowest BCUT2D eigenvalue weighted by molar-refractivity contribution is 0.0985. The molecule has 1 aliphatic rings. The molecular formula is C10H9N3O4S. The van der Waals surface area contributed by atoms with Crippen LogP contribution in [0, 0.1) is 0 Å². The van der Waals surface area contributed by atoms with E-state index in [0.717, 1.165) is 0 Å². The third-order valence-electron chi connectivity index (χ3n) is 2.16. The summed E-state index contributed by atoms with van der Waals surface area (Å²) in [5, 5.41) is 4.81. The molecule has 0 atom stereocenters. The lowest BCUT2D eigenvalue weighted by Crippen LogP contribution is -2.20. The Balaban J connectivity index is 0.000000169. The zero-order chi connectivity index (χ0) is 13.2. The van der Waals surface area contributed by atoms with Crippen molar-refractivity contribution < 1.29 is 13.2 Å². The van der Waals surface area contributed by atoms with E-state index in [1.165, 1.54) is 18.2 Å². The number of hydrogen-bond acceptors (Lipinski definition) is 4. The van der Waals surface area contributed by atoms with Gasteiger partial charge < -0.3 is 5.10 Å². The van der Waals surface area contributed by atoms with Crippen LogP contribution in [0.1, 0.15) is 10.4 Å². The number of benzene rings is 1. The fraction of sp³-hybridized carbons (Fsp3) is 0. The summed E-state index contributed by atoms with van der Waals surface area (Å²) in [6.07, 6.45) is 1.54. The van der Waals surface area contributed by atoms with Gasteiger partial charge >= 0.3 is 0 Å². The molecule has 0 aliphatic carbocycles. The SMILES string of the molecule is O=C1NS(=O)(=O)c2ccccc21.O=c1cc[nH][nH]1. The van der Waals surface area contributed by atoms with E-state index < -0.39 is 15.9 Å². The number of hydrogen-bond donors (Lipinski definition) is 3. The van der Waals surface area contributed by atoms with Crippen LogP contribution in [0.15, 0.2) is 46.2 Å². The van der Waals surface area contributed by atoms with Gasteiger partial charge in [-0.25, -0.2) is 13.1 Å². The average molecular weight is 267 g/mol. The van der Waals surface area contributed by atoms with Crippen LogP contribution in [-0.2, 0) is 10.0 Å². The Morgan fingerprint density at radius 3 is 2.22 bits per heavy atom. The largest absolute Gasteiger partial charge is 0.305 e. The molecule has 94 valence electrons. The number of nitrogens with one attached hydrogen (secondary N) is 3. The number of fused-ring (bicyclic) bond motifs is 1. The summed E-state index contributed by atoms with van der Waals surface area (Å²) in [6, 6.07) is 7.51. The second kappa shape index (κ2) is 4.49. The van der Waals surface area contributed by atoms with Gasteiger partial charge in [-0.3, -0.25) is 14.7 Å². The van der Waals surface area contributed by atoms with Crippen LogP contribution in [0.5, 0.6) is 0 Å². The summed E-state index contributed by atoms with van der Waals surface area (Å²) in [7, 11) is -3.55. The molecule has 0 fully saturated rings. The predicted octanol–water partition coefficient (Wildman–Crippen LogP) is -0.178. The number of carbonyl (C=O) groups is 1. The van der Waals surface area contributed by atoms with Crippen molar-refractivity contribution in [2.45, 2.75) is 4.90 Å². The van der Waals surface area contributed by atoms with Crippen LogP contribution in [0.4, 0.5) is 0 Å². The van der Waals surface area contributed by atoms with Gasteiger partial charge in [-0.15, -0.1) is 0 Å². The fourth-order valence-electron chi connectivity index (χ4n) is 1.39. The number of H-pyrrole nitrogens is 2. The van der Waals surface area contributed by atoms with E-state index in [-0.39, 0.29) is 16.0 Å². The molecule has 1 aliphatic heterocycles. The van der Waals surface area contributed by atoms with Crippen LogP contribution in [0.25, 0.3) is 0 Å². The summed E-state index contributed by atoms with van der Waals surface area (Å²) in [5.74, 6) is -0.550. The summed E-state index contributed by atoms with van der Waals surface area (Å²) in [4.78, 5) is 21.0. The molecule has 0 radical (unpaired) electrons. The van der Waals surface area contributed by atoms with E-state index in [1.807, 2.05) is 4.72 Å². The van der Waals surface area contributed by atoms with Gasteiger partial charge in [0.2, 0.25) is 0 Å². The second-order valence-corrected chi connectivity index (χ2v) is 5.05. The van der Waals surface area contributed by atoms with Crippen LogP contribution in [0.3, 0.4) is 0 Å². The topological polar surface area (TPSA) is 112 Å². The van der Waals surface area contributed by atoms with Gasteiger partial charge in [0.25, 0.3) is 21.5 Å². The minimum Gasteiger partial charge on any atom is -0.305 e. The molecule has 0 bridgehead atoms. The first-order valence-electron chi connectivity index (χ1n) is 4.89. The molecule has 0 saturated heterocycles. The van der Waals surface area contributed by atoms with Gasteiger partial charge in [-0.1, -0.05) is 12.1 Å². The summed E-state index contributed by atoms with van der Waals surface area (Å²) < 4.78 is 24.2. The Morgan fingerprint density at radius 2 is 1.72 bits per heavy atom. The third kappa shape index (κ3) is 2.33. The number of carbonyl (C=O) groups excluding carboxylic acids is 1. The van der Waals surface area contributed by atoms with E-state index in [4.69, 9.17) is 0 Å². The molecule has 1 aromatic heterocycles. The van der Waals surface area contributed by atoms with E-state index in [0.29, 0.717) is 0 Å². The summed E-state index contributed by atoms with van der Waals surface area (Å²) in [5.41, 5.74) is 0.132. The standard InChI is InChI=1S/C7H5NO3S.C3H4N2O/c9-7-5-3-1-2-4-6(5)12(10,11)8-7;6-3-1-2-4-5-3/h1-4H,(H,8,9);1-2H,(H2,4,5,6). The Bertz CT molecular complexity index is 713. The average Bonchev–Trinajstić information content (AvgIpc) is 2.88. The molecule has 3 N–H and O–H groups in total. The lowest BCUT2D eigenvalue weighted by atomic mass is 10.2. The molecule has 0 unspecified atom stereocenters. The van der Waals surface area contributed by atoms with E-state index in [9.17, 15) is 18.0 Å². The molecule has 2 heterocycles. The van der Waals surface area contributed by atoms with Gasteiger partial charge in [0.05, 0.1) is 5.56 Å². The quantitative estimate of drug-likeness (QED) is 0.614. The predicted molar refractivity (Wildman–Crippen MR) is 62.5 cm³/mol. The molecule has 1 amide bonds. The molecule has 3 rings (SSSR count). The number of amides is 1. The van der Waals surface area contributed by atoms with E-state index in [1.54, 1.807) is 18.3 Å². The Morgan fingerprint density at radius 1 is 1.00 bits per heavy atom. The fourth-order valence-corrected chi connectivity index (χ4v) is 2.56. The molecule has 0 spiro atoms. The molecule has 2 aromatic rings. The lowest BCUT2D eigenvalue weighted by Gasteiger charge is -1.91. The Hall–Kier alpha value is -2.35. The van der Waals surface area contributed by atoms with Crippen molar-refractivity contribution in [2.75, 3.05) is 0 Å². The third-order valence-corrected chi connectivity index (χ3v) is 3.55. The first kappa shape index (κ1) is 12.1. The first-order valence-corrected chi connectivity index (χ1v) is 6.37. The minimum absolute atomic E-state index is 0.0648.